The predicted molar refractivity (Wildman–Crippen MR) is 73.9 cm³/mol. The van der Waals surface area contributed by atoms with Crippen LogP contribution in [0.25, 0.3) is 0 Å². The van der Waals surface area contributed by atoms with E-state index in [1.807, 2.05) is 25.1 Å². The van der Waals surface area contributed by atoms with E-state index in [9.17, 15) is 5.11 Å². The van der Waals surface area contributed by atoms with E-state index >= 15 is 0 Å². The summed E-state index contributed by atoms with van der Waals surface area (Å²) in [6, 6.07) is 5.97. The normalized spacial score (nSPS) is 20.4. The maximum absolute atomic E-state index is 10.9. The fraction of sp³-hybridized carbons (Fsp3) is 0.625. The molecule has 0 bridgehead atoms. The van der Waals surface area contributed by atoms with Crippen molar-refractivity contribution in [3.63, 3.8) is 0 Å². The van der Waals surface area contributed by atoms with E-state index in [0.717, 1.165) is 29.7 Å². The molecule has 0 saturated heterocycles. The molecule has 2 nitrogen and oxygen atoms in total. The van der Waals surface area contributed by atoms with Gasteiger partial charge >= 0.3 is 0 Å². The van der Waals surface area contributed by atoms with Gasteiger partial charge < -0.3 is 9.84 Å². The molecule has 1 N–H and O–H groups in total. The van der Waals surface area contributed by atoms with E-state index in [0.29, 0.717) is 5.92 Å². The Kier molecular flexibility index (Phi) is 3.96. The molecule has 1 fully saturated rings. The summed E-state index contributed by atoms with van der Waals surface area (Å²) in [5.74, 6) is 1.24. The number of benzene rings is 1. The smallest absolute Gasteiger partial charge is 0.119 e. The van der Waals surface area contributed by atoms with Crippen LogP contribution in [-0.4, -0.2) is 12.2 Å². The molecule has 1 aromatic rings. The molecular weight excluding hydrogens is 224 g/mol. The maximum Gasteiger partial charge on any atom is 0.119 e. The largest absolute Gasteiger partial charge is 0.497 e. The van der Waals surface area contributed by atoms with Gasteiger partial charge in [-0.15, -0.1) is 0 Å². The Labute approximate surface area is 110 Å². The van der Waals surface area contributed by atoms with Gasteiger partial charge in [-0.05, 0) is 55.9 Å². The first-order chi connectivity index (χ1) is 8.55. The summed E-state index contributed by atoms with van der Waals surface area (Å²) in [5.41, 5.74) is 1.46. The second kappa shape index (κ2) is 5.31. The van der Waals surface area contributed by atoms with E-state index in [2.05, 4.69) is 6.92 Å². The molecule has 0 amide bonds. The molecule has 0 heterocycles. The van der Waals surface area contributed by atoms with Crippen LogP contribution < -0.4 is 4.74 Å². The third-order valence-corrected chi connectivity index (χ3v) is 4.38. The lowest BCUT2D eigenvalue weighted by Gasteiger charge is -2.37. The molecule has 0 spiro atoms. The van der Waals surface area contributed by atoms with Crippen molar-refractivity contribution in [3.8, 4) is 5.75 Å². The van der Waals surface area contributed by atoms with Gasteiger partial charge in [-0.1, -0.05) is 25.3 Å². The second-order valence-corrected chi connectivity index (χ2v) is 5.66. The molecule has 1 unspecified atom stereocenters. The van der Waals surface area contributed by atoms with E-state index < -0.39 is 5.60 Å². The molecule has 1 aliphatic rings. The molecule has 2 heteroatoms. The quantitative estimate of drug-likeness (QED) is 0.881. The zero-order chi connectivity index (χ0) is 13.2. The molecule has 0 aromatic heterocycles. The highest BCUT2D eigenvalue weighted by molar-refractivity contribution is 5.38. The number of methoxy groups -OCH3 is 1. The van der Waals surface area contributed by atoms with Gasteiger partial charge in [-0.3, -0.25) is 0 Å². The third kappa shape index (κ3) is 2.54. The number of ether oxygens (including phenoxy) is 1. The lowest BCUT2D eigenvalue weighted by molar-refractivity contribution is -0.0220. The minimum absolute atomic E-state index is 0.387. The molecule has 2 rings (SSSR count). The molecule has 100 valence electrons. The summed E-state index contributed by atoms with van der Waals surface area (Å²) in [5, 5.41) is 10.9. The highest BCUT2D eigenvalue weighted by Crippen LogP contribution is 2.40. The summed E-state index contributed by atoms with van der Waals surface area (Å²) < 4.78 is 5.23. The fourth-order valence-electron chi connectivity index (χ4n) is 3.22. The van der Waals surface area contributed by atoms with Crippen LogP contribution >= 0.6 is 0 Å². The van der Waals surface area contributed by atoms with Gasteiger partial charge in [0.25, 0.3) is 0 Å². The Morgan fingerprint density at radius 2 is 1.89 bits per heavy atom. The average molecular weight is 248 g/mol. The van der Waals surface area contributed by atoms with Crippen LogP contribution in [0, 0.1) is 12.8 Å². The van der Waals surface area contributed by atoms with Crippen LogP contribution in [0.1, 0.15) is 50.2 Å². The first-order valence-electron chi connectivity index (χ1n) is 6.93. The van der Waals surface area contributed by atoms with Crippen LogP contribution in [0.15, 0.2) is 18.2 Å². The molecule has 1 atom stereocenters. The van der Waals surface area contributed by atoms with Gasteiger partial charge in [0.05, 0.1) is 12.7 Å². The lowest BCUT2D eigenvalue weighted by Crippen LogP contribution is -2.34. The number of hydrogen-bond donors (Lipinski definition) is 1. The van der Waals surface area contributed by atoms with Crippen LogP contribution in [0.2, 0.25) is 0 Å². The topological polar surface area (TPSA) is 29.5 Å². The first kappa shape index (κ1) is 13.4. The average Bonchev–Trinajstić information content (AvgIpc) is 2.39. The molecule has 1 saturated carbocycles. The molecular formula is C16H24O2. The van der Waals surface area contributed by atoms with Crippen molar-refractivity contribution in [1.29, 1.82) is 0 Å². The Morgan fingerprint density at radius 3 is 2.44 bits per heavy atom. The van der Waals surface area contributed by atoms with Crippen LogP contribution in [-0.2, 0) is 5.60 Å². The Bertz CT molecular complexity index is 404. The number of rotatable bonds is 3. The lowest BCUT2D eigenvalue weighted by atomic mass is 9.73. The van der Waals surface area contributed by atoms with Gasteiger partial charge in [0, 0.05) is 0 Å². The van der Waals surface area contributed by atoms with Crippen molar-refractivity contribution in [2.45, 2.75) is 51.6 Å². The minimum atomic E-state index is -0.712. The molecule has 0 radical (unpaired) electrons. The standard InChI is InChI=1S/C16H24O2/c1-12-11-14(18-3)9-10-15(12)16(2,17)13-7-5-4-6-8-13/h9-11,13,17H,4-8H2,1-3H3. The van der Waals surface area contributed by atoms with E-state index in [-0.39, 0.29) is 0 Å². The molecule has 18 heavy (non-hydrogen) atoms. The maximum atomic E-state index is 10.9. The van der Waals surface area contributed by atoms with Gasteiger partial charge in [0.2, 0.25) is 0 Å². The van der Waals surface area contributed by atoms with Crippen LogP contribution in [0.4, 0.5) is 0 Å². The number of hydrogen-bond acceptors (Lipinski definition) is 2. The summed E-state index contributed by atoms with van der Waals surface area (Å²) in [6.07, 6.45) is 6.08. The molecule has 1 aliphatic carbocycles. The molecule has 1 aromatic carbocycles. The predicted octanol–water partition coefficient (Wildman–Crippen LogP) is 3.79. The SMILES string of the molecule is COc1ccc(C(C)(O)C2CCCCC2)c(C)c1. The Morgan fingerprint density at radius 1 is 1.22 bits per heavy atom. The zero-order valence-corrected chi connectivity index (χ0v) is 11.7. The monoisotopic (exact) mass is 248 g/mol. The van der Waals surface area contributed by atoms with Gasteiger partial charge in [0.15, 0.2) is 0 Å². The van der Waals surface area contributed by atoms with Crippen molar-refractivity contribution in [2.24, 2.45) is 5.92 Å². The molecule has 0 aliphatic heterocycles. The highest BCUT2D eigenvalue weighted by Gasteiger charge is 2.35. The van der Waals surface area contributed by atoms with E-state index in [1.165, 1.54) is 19.3 Å². The van der Waals surface area contributed by atoms with E-state index in [1.54, 1.807) is 7.11 Å². The van der Waals surface area contributed by atoms with Gasteiger partial charge in [0.1, 0.15) is 5.75 Å². The minimum Gasteiger partial charge on any atom is -0.497 e. The Balaban J connectivity index is 2.27. The summed E-state index contributed by atoms with van der Waals surface area (Å²) >= 11 is 0. The van der Waals surface area contributed by atoms with Crippen molar-refractivity contribution < 1.29 is 9.84 Å². The summed E-state index contributed by atoms with van der Waals surface area (Å²) in [7, 11) is 1.67. The van der Waals surface area contributed by atoms with Gasteiger partial charge in [-0.25, -0.2) is 0 Å². The van der Waals surface area contributed by atoms with Crippen molar-refractivity contribution in [1.82, 2.24) is 0 Å². The summed E-state index contributed by atoms with van der Waals surface area (Å²) in [6.45, 7) is 4.02. The van der Waals surface area contributed by atoms with Crippen molar-refractivity contribution >= 4 is 0 Å². The first-order valence-corrected chi connectivity index (χ1v) is 6.93. The van der Waals surface area contributed by atoms with Crippen LogP contribution in [0.5, 0.6) is 5.75 Å². The Hall–Kier alpha value is -1.02. The number of aliphatic hydroxyl groups is 1. The van der Waals surface area contributed by atoms with Crippen molar-refractivity contribution in [3.05, 3.63) is 29.3 Å². The fourth-order valence-corrected chi connectivity index (χ4v) is 3.22. The van der Waals surface area contributed by atoms with Crippen molar-refractivity contribution in [2.75, 3.05) is 7.11 Å². The van der Waals surface area contributed by atoms with Gasteiger partial charge in [-0.2, -0.15) is 0 Å². The van der Waals surface area contributed by atoms with Crippen LogP contribution in [0.3, 0.4) is 0 Å². The zero-order valence-electron chi connectivity index (χ0n) is 11.7. The number of aryl methyl sites for hydroxylation is 1. The summed E-state index contributed by atoms with van der Waals surface area (Å²) in [4.78, 5) is 0. The van der Waals surface area contributed by atoms with E-state index in [4.69, 9.17) is 4.74 Å². The highest BCUT2D eigenvalue weighted by atomic mass is 16.5. The third-order valence-electron chi connectivity index (χ3n) is 4.38. The second-order valence-electron chi connectivity index (χ2n) is 5.66.